The topological polar surface area (TPSA) is 139 Å². The fourth-order valence-corrected chi connectivity index (χ4v) is 6.20. The number of carbonyl (C=O) groups excluding carboxylic acids is 4. The van der Waals surface area contributed by atoms with Crippen molar-refractivity contribution in [3.8, 4) is 0 Å². The normalized spacial score (nSPS) is 30.6. The molecule has 0 spiro atoms. The van der Waals surface area contributed by atoms with Gasteiger partial charge >= 0.3 is 5.97 Å². The molecule has 1 aromatic carbocycles. The number of hydrogen-bond acceptors (Lipinski definition) is 8. The van der Waals surface area contributed by atoms with Crippen LogP contribution in [0.5, 0.6) is 0 Å². The van der Waals surface area contributed by atoms with Gasteiger partial charge in [0.1, 0.15) is 12.1 Å². The van der Waals surface area contributed by atoms with E-state index in [4.69, 9.17) is 14.5 Å². The highest BCUT2D eigenvalue weighted by Gasteiger charge is 2.41. The zero-order chi connectivity index (χ0) is 32.5. The highest BCUT2D eigenvalue weighted by molar-refractivity contribution is 5.91. The van der Waals surface area contributed by atoms with Crippen molar-refractivity contribution in [3.05, 3.63) is 47.7 Å². The van der Waals surface area contributed by atoms with E-state index in [2.05, 4.69) is 16.1 Å². The number of nitrogens with zero attached hydrogens (tertiary/aromatic N) is 2. The van der Waals surface area contributed by atoms with Gasteiger partial charge in [0.05, 0.1) is 35.4 Å². The van der Waals surface area contributed by atoms with Crippen LogP contribution >= 0.6 is 0 Å². The third-order valence-electron chi connectivity index (χ3n) is 8.88. The molecule has 2 saturated heterocycles. The zero-order valence-corrected chi connectivity index (χ0v) is 27.0. The first-order chi connectivity index (χ1) is 21.3. The molecule has 5 rings (SSSR count). The molecule has 0 saturated carbocycles. The smallest absolute Gasteiger partial charge is 0.312 e. The number of pyridine rings is 1. The SMILES string of the molecule is CC(C)[C@@H]1OC(=O)C2COC(C)(C)C[C@@H]2/C=C/c2ccc3ccc(nc3c2)[C@@H](C)NC(=O)[C@@H]2CCCN(N2)C(=O)[C@H](C)NC1=O. The molecule has 45 heavy (non-hydrogen) atoms. The number of ether oxygens (including phenoxy) is 2. The number of allylic oxidation sites excluding steroid dienone is 1. The molecular weight excluding hydrogens is 574 g/mol. The van der Waals surface area contributed by atoms with Crippen LogP contribution in [0.2, 0.25) is 0 Å². The van der Waals surface area contributed by atoms with E-state index in [9.17, 15) is 19.2 Å². The quantitative estimate of drug-likeness (QED) is 0.413. The minimum absolute atomic E-state index is 0.163. The summed E-state index contributed by atoms with van der Waals surface area (Å²) in [7, 11) is 0. The first-order valence-electron chi connectivity index (χ1n) is 15.9. The Hall–Kier alpha value is -3.83. The molecule has 0 aliphatic carbocycles. The van der Waals surface area contributed by atoms with Gasteiger partial charge in [-0.1, -0.05) is 44.2 Å². The molecule has 2 aromatic rings. The van der Waals surface area contributed by atoms with Gasteiger partial charge in [-0.05, 0) is 76.5 Å². The number of benzene rings is 1. The average Bonchev–Trinajstić information content (AvgIpc) is 3.00. The Morgan fingerprint density at radius 3 is 2.49 bits per heavy atom. The van der Waals surface area contributed by atoms with Gasteiger partial charge in [-0.25, -0.2) is 5.43 Å². The monoisotopic (exact) mass is 619 g/mol. The van der Waals surface area contributed by atoms with Crippen LogP contribution in [0.4, 0.5) is 0 Å². The van der Waals surface area contributed by atoms with Crippen molar-refractivity contribution in [3.63, 3.8) is 0 Å². The molecule has 1 unspecified atom stereocenters. The van der Waals surface area contributed by atoms with Crippen LogP contribution in [-0.4, -0.2) is 70.6 Å². The van der Waals surface area contributed by atoms with E-state index >= 15 is 0 Å². The van der Waals surface area contributed by atoms with Gasteiger partial charge in [-0.3, -0.25) is 29.2 Å². The first-order valence-corrected chi connectivity index (χ1v) is 15.9. The molecule has 11 nitrogen and oxygen atoms in total. The third-order valence-corrected chi connectivity index (χ3v) is 8.88. The van der Waals surface area contributed by atoms with Crippen LogP contribution in [0.25, 0.3) is 17.0 Å². The Bertz CT molecular complexity index is 1490. The minimum atomic E-state index is -1.10. The van der Waals surface area contributed by atoms with Crippen molar-refractivity contribution in [1.82, 2.24) is 26.1 Å². The summed E-state index contributed by atoms with van der Waals surface area (Å²) in [6.07, 6.45) is 4.66. The van der Waals surface area contributed by atoms with Crippen molar-refractivity contribution in [1.29, 1.82) is 0 Å². The van der Waals surface area contributed by atoms with E-state index in [1.807, 2.05) is 63.3 Å². The standard InChI is InChI=1S/C34H45N5O6/c1-19(2)29-31(41)36-21(4)32(42)39-15-7-8-27(38-39)30(40)35-20(3)26-14-13-23-11-9-22(16-28(23)37-26)10-12-24-17-34(5,6)44-18-25(24)33(43)45-29/h9-14,16,19-21,24-25,27,29,38H,7-8,15,17-18H2,1-6H3,(H,35,40)(H,36,41)/b12-10+/t20-,21+,24+,25?,27+,29+/m1/s1. The minimum Gasteiger partial charge on any atom is -0.452 e. The lowest BCUT2D eigenvalue weighted by Crippen LogP contribution is -2.61. The Kier molecular flexibility index (Phi) is 9.60. The van der Waals surface area contributed by atoms with Crippen LogP contribution < -0.4 is 16.1 Å². The van der Waals surface area contributed by atoms with Gasteiger partial charge in [0, 0.05) is 11.9 Å². The number of hydrogen-bond donors (Lipinski definition) is 3. The second-order valence-electron chi connectivity index (χ2n) is 13.5. The van der Waals surface area contributed by atoms with Gasteiger partial charge in [0.15, 0.2) is 6.10 Å². The van der Waals surface area contributed by atoms with Crippen LogP contribution in [0.15, 0.2) is 36.4 Å². The lowest BCUT2D eigenvalue weighted by Gasteiger charge is -2.39. The van der Waals surface area contributed by atoms with Crippen LogP contribution in [0.1, 0.15) is 78.1 Å². The fraction of sp³-hybridized carbons (Fsp3) is 0.559. The molecule has 4 heterocycles. The van der Waals surface area contributed by atoms with E-state index in [1.165, 1.54) is 5.01 Å². The van der Waals surface area contributed by atoms with Gasteiger partial charge in [-0.15, -0.1) is 0 Å². The largest absolute Gasteiger partial charge is 0.452 e. The Morgan fingerprint density at radius 1 is 1.00 bits per heavy atom. The third kappa shape index (κ3) is 7.53. The number of rotatable bonds is 1. The van der Waals surface area contributed by atoms with Crippen molar-refractivity contribution in [2.24, 2.45) is 17.8 Å². The molecular formula is C34H45N5O6. The molecule has 6 atom stereocenters. The summed E-state index contributed by atoms with van der Waals surface area (Å²) in [6.45, 7) is 11.6. The number of esters is 1. The summed E-state index contributed by atoms with van der Waals surface area (Å²) in [6, 6.07) is 7.97. The van der Waals surface area contributed by atoms with Crippen LogP contribution in [0.3, 0.4) is 0 Å². The summed E-state index contributed by atoms with van der Waals surface area (Å²) in [5.41, 5.74) is 5.02. The average molecular weight is 620 g/mol. The molecule has 2 fully saturated rings. The second-order valence-corrected chi connectivity index (χ2v) is 13.5. The van der Waals surface area contributed by atoms with Crippen LogP contribution in [-0.2, 0) is 28.7 Å². The van der Waals surface area contributed by atoms with Gasteiger partial charge in [-0.2, -0.15) is 0 Å². The maximum absolute atomic E-state index is 13.6. The molecule has 3 amide bonds. The number of fused-ring (bicyclic) bond motifs is 5. The van der Waals surface area contributed by atoms with Crippen molar-refractivity contribution < 1.29 is 28.7 Å². The summed E-state index contributed by atoms with van der Waals surface area (Å²) >= 11 is 0. The van der Waals surface area contributed by atoms with Gasteiger partial charge in [0.25, 0.3) is 11.8 Å². The molecule has 3 aliphatic heterocycles. The van der Waals surface area contributed by atoms with E-state index < -0.39 is 41.6 Å². The van der Waals surface area contributed by atoms with E-state index in [0.717, 1.165) is 16.5 Å². The summed E-state index contributed by atoms with van der Waals surface area (Å²) in [4.78, 5) is 58.5. The maximum Gasteiger partial charge on any atom is 0.312 e. The van der Waals surface area contributed by atoms with E-state index in [1.54, 1.807) is 20.8 Å². The molecule has 3 aliphatic rings. The highest BCUT2D eigenvalue weighted by Crippen LogP contribution is 2.35. The molecule has 11 heteroatoms. The zero-order valence-electron chi connectivity index (χ0n) is 27.0. The van der Waals surface area contributed by atoms with E-state index in [0.29, 0.717) is 31.5 Å². The summed E-state index contributed by atoms with van der Waals surface area (Å²) in [5, 5.41) is 8.13. The predicted molar refractivity (Wildman–Crippen MR) is 169 cm³/mol. The van der Waals surface area contributed by atoms with Crippen LogP contribution in [0, 0.1) is 17.8 Å². The summed E-state index contributed by atoms with van der Waals surface area (Å²) < 4.78 is 11.9. The first kappa shape index (κ1) is 32.6. The Balaban J connectivity index is 1.50. The number of carbonyl (C=O) groups is 4. The second kappa shape index (κ2) is 13.3. The van der Waals surface area contributed by atoms with Crippen molar-refractivity contribution in [2.45, 2.75) is 90.6 Å². The molecule has 5 bridgehead atoms. The number of cyclic esters (lactones) is 1. The molecule has 3 N–H and O–H groups in total. The predicted octanol–water partition coefficient (Wildman–Crippen LogP) is 3.44. The number of hydrazine groups is 1. The molecule has 1 aromatic heterocycles. The Morgan fingerprint density at radius 2 is 1.73 bits per heavy atom. The number of aromatic nitrogens is 1. The number of amides is 3. The fourth-order valence-electron chi connectivity index (χ4n) is 6.20. The molecule has 242 valence electrons. The summed E-state index contributed by atoms with van der Waals surface area (Å²) in [5.74, 6) is -2.82. The molecule has 0 radical (unpaired) electrons. The van der Waals surface area contributed by atoms with E-state index in [-0.39, 0.29) is 36.3 Å². The van der Waals surface area contributed by atoms with Gasteiger partial charge < -0.3 is 20.1 Å². The Labute approximate surface area is 264 Å². The number of nitrogens with one attached hydrogen (secondary N) is 3. The van der Waals surface area contributed by atoms with Crippen molar-refractivity contribution >= 4 is 40.7 Å². The highest BCUT2D eigenvalue weighted by atomic mass is 16.6. The lowest BCUT2D eigenvalue weighted by atomic mass is 9.80. The maximum atomic E-state index is 13.6. The van der Waals surface area contributed by atoms with Gasteiger partial charge in [0.2, 0.25) is 5.91 Å². The van der Waals surface area contributed by atoms with Crippen molar-refractivity contribution in [2.75, 3.05) is 13.2 Å². The lowest BCUT2D eigenvalue weighted by molar-refractivity contribution is -0.174.